The highest BCUT2D eigenvalue weighted by molar-refractivity contribution is 6.03. The Labute approximate surface area is 535 Å². The van der Waals surface area contributed by atoms with E-state index in [0.717, 1.165) is 111 Å². The van der Waals surface area contributed by atoms with Crippen LogP contribution in [-0.4, -0.2) is 345 Å². The van der Waals surface area contributed by atoms with Crippen molar-refractivity contribution < 1.29 is 62.0 Å². The normalized spacial score (nSPS) is 20.0. The Morgan fingerprint density at radius 3 is 1.19 bits per heavy atom. The van der Waals surface area contributed by atoms with Gasteiger partial charge in [0.25, 0.3) is 0 Å². The number of amides is 8. The molecule has 6 saturated heterocycles. The van der Waals surface area contributed by atoms with Crippen molar-refractivity contribution in [2.45, 2.75) is 132 Å². The second kappa shape index (κ2) is 47.4. The number of methoxy groups -OCH3 is 3. The molecule has 0 aromatic heterocycles. The predicted octanol–water partition coefficient (Wildman–Crippen LogP) is 1.15. The van der Waals surface area contributed by atoms with Crippen LogP contribution in [0, 0.1) is 11.8 Å². The van der Waals surface area contributed by atoms with Gasteiger partial charge < -0.3 is 63.7 Å². The number of hydrogen-bond acceptors (Lipinski definition) is 19. The van der Waals surface area contributed by atoms with Gasteiger partial charge in [-0.05, 0) is 82.5 Å². The molecule has 0 aliphatic carbocycles. The van der Waals surface area contributed by atoms with Crippen LogP contribution in [0.4, 0.5) is 0 Å². The van der Waals surface area contributed by atoms with Crippen LogP contribution in [0.25, 0.3) is 0 Å². The molecule has 0 spiro atoms. The lowest BCUT2D eigenvalue weighted by atomic mass is 9.95. The lowest BCUT2D eigenvalue weighted by molar-refractivity contribution is -0.134. The molecule has 0 saturated carbocycles. The van der Waals surface area contributed by atoms with Gasteiger partial charge in [-0.1, -0.05) is 13.8 Å². The van der Waals surface area contributed by atoms with Crippen LogP contribution in [0.1, 0.15) is 108 Å². The van der Waals surface area contributed by atoms with Crippen molar-refractivity contribution in [3.05, 3.63) is 0 Å². The first-order valence-electron chi connectivity index (χ1n) is 32.6. The molecule has 6 heterocycles. The maximum atomic E-state index is 11.9. The van der Waals surface area contributed by atoms with Crippen molar-refractivity contribution in [3.63, 3.8) is 0 Å². The summed E-state index contributed by atoms with van der Waals surface area (Å²) in [5.74, 6) is 0.551. The Balaban J connectivity index is 0.000000538. The number of carbonyl (C=O) groups excluding carboxylic acids is 8. The third-order valence-corrected chi connectivity index (χ3v) is 16.4. The molecular weight excluding hydrogens is 1150 g/mol. The number of imide groups is 1. The van der Waals surface area contributed by atoms with Gasteiger partial charge >= 0.3 is 0 Å². The van der Waals surface area contributed by atoms with Gasteiger partial charge in [0, 0.05) is 221 Å². The standard InChI is InChI=1S/C13H26N2O3.C12H24N2O3.C11H22N2O2.C10H19N3O2.C10H21N3O.C7H11NO2/c1-12(2)14-5-4-13(16)15(7-6-14)8-9-18-11-10-17-3;1-11(2)13-5-4-12(15)14(7-6-13)8-9-17-10-16-3;1-10(2)12-5-4-11(14)13(7-6-12)8-9-15-3;1-8(2)12-4-3-10(15)13(6-5-12)7-9(11)14;1-11(2)6-8-13-9-7-12(3)5-4-10(13)14;1-4(2)5-3-6(9)8-7(5)10/h12H,4-11H2,1-3H3;11H,4-10H2,1-3H3;10H,4-9H2,1-3H3;8H,3-7H2,1-2H3,(H2,11,14);4-9H2,1-3H3;4-5H,3H2,1-2H3,(H,8,9,10). The van der Waals surface area contributed by atoms with Crippen LogP contribution in [0.2, 0.25) is 0 Å². The number of carbonyl (C=O) groups is 8. The van der Waals surface area contributed by atoms with Crippen molar-refractivity contribution in [2.24, 2.45) is 17.6 Å². The predicted molar refractivity (Wildman–Crippen MR) is 347 cm³/mol. The third-order valence-electron chi connectivity index (χ3n) is 16.4. The molecule has 26 nitrogen and oxygen atoms in total. The summed E-state index contributed by atoms with van der Waals surface area (Å²) < 4.78 is 25.3. The first-order valence-corrected chi connectivity index (χ1v) is 32.6. The molecule has 0 aromatic carbocycles. The molecule has 0 aromatic rings. The largest absolute Gasteiger partial charge is 0.383 e. The SMILES string of the molecule is CC(C)C1CC(=O)NC1=O.CC(C)N1CCC(=O)N(CC(N)=O)CC1.CN(C)CCN1CCN(C)CCC1=O.COCCN1CCN(C(C)C)CCC1=O.COCCOCCN1CCN(C(C)C)CCC1=O.COCOCCN1CCN(C(C)C)CCC1=O. The second-order valence-corrected chi connectivity index (χ2v) is 25.1. The number of ether oxygens (including phenoxy) is 5. The average Bonchev–Trinajstić information content (AvgIpc) is 3.74. The first-order chi connectivity index (χ1) is 42.1. The van der Waals surface area contributed by atoms with Gasteiger partial charge in [0.1, 0.15) is 6.79 Å². The molecule has 518 valence electrons. The number of likely N-dealkylation sites (N-methyl/N-ethyl adjacent to an activating group) is 2. The van der Waals surface area contributed by atoms with E-state index in [4.69, 9.17) is 29.4 Å². The van der Waals surface area contributed by atoms with E-state index in [9.17, 15) is 38.4 Å². The monoisotopic (exact) mass is 1270 g/mol. The zero-order valence-electron chi connectivity index (χ0n) is 58.1. The van der Waals surface area contributed by atoms with Crippen LogP contribution in [0.15, 0.2) is 0 Å². The number of primary amides is 1. The van der Waals surface area contributed by atoms with E-state index in [1.807, 2.05) is 47.5 Å². The van der Waals surface area contributed by atoms with E-state index in [1.54, 1.807) is 26.2 Å². The van der Waals surface area contributed by atoms with Gasteiger partial charge in [-0.25, -0.2) is 0 Å². The summed E-state index contributed by atoms with van der Waals surface area (Å²) in [7, 11) is 11.1. The molecular formula is C63H123N13O13. The fourth-order valence-corrected chi connectivity index (χ4v) is 10.2. The van der Waals surface area contributed by atoms with E-state index in [0.29, 0.717) is 128 Å². The van der Waals surface area contributed by atoms with Crippen molar-refractivity contribution in [3.8, 4) is 0 Å². The highest BCUT2D eigenvalue weighted by Gasteiger charge is 2.33. The Hall–Kier alpha value is -4.48. The van der Waals surface area contributed by atoms with Crippen molar-refractivity contribution >= 4 is 47.3 Å². The van der Waals surface area contributed by atoms with E-state index in [2.05, 4.69) is 97.2 Å². The molecule has 6 aliphatic heterocycles. The molecule has 6 fully saturated rings. The van der Waals surface area contributed by atoms with Crippen LogP contribution in [-0.2, 0) is 62.0 Å². The van der Waals surface area contributed by atoms with E-state index in [-0.39, 0.29) is 53.8 Å². The van der Waals surface area contributed by atoms with Crippen LogP contribution in [0.5, 0.6) is 0 Å². The van der Waals surface area contributed by atoms with E-state index >= 15 is 0 Å². The van der Waals surface area contributed by atoms with Gasteiger partial charge in [0.05, 0.1) is 39.6 Å². The Morgan fingerprint density at radius 1 is 0.472 bits per heavy atom. The number of nitrogens with one attached hydrogen (secondary N) is 1. The van der Waals surface area contributed by atoms with Gasteiger partial charge in [0.15, 0.2) is 0 Å². The second-order valence-electron chi connectivity index (χ2n) is 25.1. The maximum absolute atomic E-state index is 11.9. The van der Waals surface area contributed by atoms with Gasteiger partial charge in [-0.2, -0.15) is 0 Å². The molecule has 26 heteroatoms. The molecule has 89 heavy (non-hydrogen) atoms. The van der Waals surface area contributed by atoms with Crippen LogP contribution < -0.4 is 11.1 Å². The topological polar surface area (TPSA) is 256 Å². The van der Waals surface area contributed by atoms with E-state index in [1.165, 1.54) is 0 Å². The van der Waals surface area contributed by atoms with Crippen LogP contribution >= 0.6 is 0 Å². The average molecular weight is 1270 g/mol. The summed E-state index contributed by atoms with van der Waals surface area (Å²) in [6, 6.07) is 1.98. The number of nitrogens with two attached hydrogens (primary N) is 1. The molecule has 3 N–H and O–H groups in total. The molecule has 8 amide bonds. The third kappa shape index (κ3) is 36.4. The van der Waals surface area contributed by atoms with Crippen LogP contribution in [0.3, 0.4) is 0 Å². The summed E-state index contributed by atoms with van der Waals surface area (Å²) in [5.41, 5.74) is 5.08. The molecule has 6 rings (SSSR count). The van der Waals surface area contributed by atoms with Crippen molar-refractivity contribution in [1.29, 1.82) is 0 Å². The lowest BCUT2D eigenvalue weighted by Crippen LogP contribution is -2.40. The summed E-state index contributed by atoms with van der Waals surface area (Å²) >= 11 is 0. The van der Waals surface area contributed by atoms with Crippen molar-refractivity contribution in [2.75, 3.05) is 220 Å². The highest BCUT2D eigenvalue weighted by atomic mass is 16.7. The fraction of sp³-hybridized carbons (Fsp3) is 0.873. The molecule has 6 aliphatic rings. The van der Waals surface area contributed by atoms with E-state index < -0.39 is 5.91 Å². The smallest absolute Gasteiger partial charge is 0.237 e. The summed E-state index contributed by atoms with van der Waals surface area (Å²) in [6.07, 6.45) is 3.40. The number of nitrogens with zero attached hydrogens (tertiary/aromatic N) is 11. The molecule has 0 radical (unpaired) electrons. The summed E-state index contributed by atoms with van der Waals surface area (Å²) in [6.45, 7) is 41.3. The zero-order valence-corrected chi connectivity index (χ0v) is 58.1. The minimum Gasteiger partial charge on any atom is -0.383 e. The zero-order chi connectivity index (χ0) is 67.0. The molecule has 0 bridgehead atoms. The fourth-order valence-electron chi connectivity index (χ4n) is 10.2. The van der Waals surface area contributed by atoms with Gasteiger partial charge in [0.2, 0.25) is 47.3 Å². The minimum atomic E-state index is -0.443. The summed E-state index contributed by atoms with van der Waals surface area (Å²) in [5, 5.41) is 2.27. The van der Waals surface area contributed by atoms with Gasteiger partial charge in [-0.3, -0.25) is 63.3 Å². The maximum Gasteiger partial charge on any atom is 0.237 e. The summed E-state index contributed by atoms with van der Waals surface area (Å²) in [4.78, 5) is 114. The lowest BCUT2D eigenvalue weighted by Gasteiger charge is -2.24. The highest BCUT2D eigenvalue weighted by Crippen LogP contribution is 2.19. The Morgan fingerprint density at radius 2 is 0.843 bits per heavy atom. The van der Waals surface area contributed by atoms with Gasteiger partial charge in [-0.15, -0.1) is 0 Å². The van der Waals surface area contributed by atoms with Crippen molar-refractivity contribution in [1.82, 2.24) is 59.2 Å². The number of rotatable bonds is 24. The Bertz CT molecular complexity index is 2020. The molecule has 1 unspecified atom stereocenters. The quantitative estimate of drug-likeness (QED) is 0.0781. The Kier molecular flexibility index (Phi) is 44.0. The number of hydrogen-bond donors (Lipinski definition) is 2. The minimum absolute atomic E-state index is 0.0250. The first kappa shape index (κ1) is 82.5. The molecule has 1 atom stereocenters.